The lowest BCUT2D eigenvalue weighted by Gasteiger charge is -2.15. The Hall–Kier alpha value is -3.82. The van der Waals surface area contributed by atoms with E-state index in [2.05, 4.69) is 91.0 Å². The molecule has 0 atom stereocenters. The number of aryl methyl sites for hydroxylation is 2. The molecule has 156 valence electrons. The number of aromatic nitrogens is 2. The van der Waals surface area contributed by atoms with Crippen molar-refractivity contribution in [1.82, 2.24) is 9.97 Å². The molecule has 7 rings (SSSR count). The van der Waals surface area contributed by atoms with E-state index in [1.165, 1.54) is 48.2 Å². The zero-order valence-corrected chi connectivity index (χ0v) is 18.8. The number of nitrogens with zero attached hydrogens (tertiary/aromatic N) is 2. The van der Waals surface area contributed by atoms with Gasteiger partial charge in [-0.25, -0.2) is 9.97 Å². The molecule has 0 bridgehead atoms. The predicted octanol–water partition coefficient (Wildman–Crippen LogP) is 7.94. The van der Waals surface area contributed by atoms with Gasteiger partial charge in [-0.2, -0.15) is 0 Å². The van der Waals surface area contributed by atoms with Crippen LogP contribution in [0.4, 0.5) is 0 Å². The second-order valence-electron chi connectivity index (χ2n) is 8.57. The maximum Gasteiger partial charge on any atom is 0.116 e. The standard InChI is InChI=1S/C30H20N2S/c1-2-8-19(9-3-1)25-17-22(16-21-11-5-6-12-23(21)25)28-30-29(32-18-31-28)27-24-13-7-4-10-20(24)14-15-26(27)33-30/h1-13,16-18H,14-15H2. The summed E-state index contributed by atoms with van der Waals surface area (Å²) in [6.07, 6.45) is 3.89. The van der Waals surface area contributed by atoms with Crippen LogP contribution in [0, 0.1) is 0 Å². The molecule has 0 unspecified atom stereocenters. The zero-order valence-electron chi connectivity index (χ0n) is 18.0. The van der Waals surface area contributed by atoms with Crippen molar-refractivity contribution in [1.29, 1.82) is 0 Å². The van der Waals surface area contributed by atoms with Crippen molar-refractivity contribution >= 4 is 32.3 Å². The fourth-order valence-electron chi connectivity index (χ4n) is 5.15. The normalized spacial score (nSPS) is 12.6. The van der Waals surface area contributed by atoms with Crippen molar-refractivity contribution in [2.45, 2.75) is 12.8 Å². The van der Waals surface area contributed by atoms with Gasteiger partial charge >= 0.3 is 0 Å². The smallest absolute Gasteiger partial charge is 0.116 e. The van der Waals surface area contributed by atoms with Gasteiger partial charge < -0.3 is 0 Å². The summed E-state index contributed by atoms with van der Waals surface area (Å²) in [7, 11) is 0. The van der Waals surface area contributed by atoms with E-state index in [0.717, 1.165) is 29.6 Å². The van der Waals surface area contributed by atoms with Gasteiger partial charge in [0.05, 0.1) is 15.9 Å². The van der Waals surface area contributed by atoms with Crippen molar-refractivity contribution in [3.63, 3.8) is 0 Å². The predicted molar refractivity (Wildman–Crippen MR) is 139 cm³/mol. The first-order valence-electron chi connectivity index (χ1n) is 11.3. The number of hydrogen-bond donors (Lipinski definition) is 0. The topological polar surface area (TPSA) is 25.8 Å². The Balaban J connectivity index is 1.51. The minimum absolute atomic E-state index is 1.03. The van der Waals surface area contributed by atoms with E-state index in [1.807, 2.05) is 11.3 Å². The third kappa shape index (κ3) is 2.93. The minimum atomic E-state index is 1.03. The summed E-state index contributed by atoms with van der Waals surface area (Å²) in [5, 5.41) is 2.49. The van der Waals surface area contributed by atoms with Crippen LogP contribution >= 0.6 is 11.3 Å². The van der Waals surface area contributed by atoms with Crippen molar-refractivity contribution in [2.24, 2.45) is 0 Å². The van der Waals surface area contributed by atoms with Crippen LogP contribution in [0.5, 0.6) is 0 Å². The lowest BCUT2D eigenvalue weighted by molar-refractivity contribution is 0.964. The zero-order chi connectivity index (χ0) is 21.8. The highest BCUT2D eigenvalue weighted by Gasteiger charge is 2.24. The second-order valence-corrected chi connectivity index (χ2v) is 9.67. The summed E-state index contributed by atoms with van der Waals surface area (Å²) >= 11 is 1.87. The molecule has 0 aliphatic heterocycles. The monoisotopic (exact) mass is 440 g/mol. The van der Waals surface area contributed by atoms with E-state index in [4.69, 9.17) is 9.97 Å². The van der Waals surface area contributed by atoms with Crippen LogP contribution < -0.4 is 0 Å². The van der Waals surface area contributed by atoms with Crippen molar-refractivity contribution < 1.29 is 0 Å². The highest BCUT2D eigenvalue weighted by molar-refractivity contribution is 7.20. The lowest BCUT2D eigenvalue weighted by atomic mass is 9.90. The fourth-order valence-corrected chi connectivity index (χ4v) is 6.43. The molecule has 1 aliphatic carbocycles. The summed E-state index contributed by atoms with van der Waals surface area (Å²) in [5.74, 6) is 0. The molecule has 3 heteroatoms. The molecule has 1 aliphatic rings. The Morgan fingerprint density at radius 3 is 2.42 bits per heavy atom. The van der Waals surface area contributed by atoms with Gasteiger partial charge in [0.2, 0.25) is 0 Å². The highest BCUT2D eigenvalue weighted by Crippen LogP contribution is 2.46. The van der Waals surface area contributed by atoms with E-state index < -0.39 is 0 Å². The number of fused-ring (bicyclic) bond motifs is 6. The summed E-state index contributed by atoms with van der Waals surface area (Å²) in [4.78, 5) is 11.0. The van der Waals surface area contributed by atoms with Gasteiger partial charge in [0, 0.05) is 16.0 Å². The van der Waals surface area contributed by atoms with Crippen molar-refractivity contribution in [2.75, 3.05) is 0 Å². The Morgan fingerprint density at radius 2 is 1.48 bits per heavy atom. The van der Waals surface area contributed by atoms with E-state index in [9.17, 15) is 0 Å². The van der Waals surface area contributed by atoms with Gasteiger partial charge in [0.1, 0.15) is 6.33 Å². The van der Waals surface area contributed by atoms with Crippen LogP contribution in [0.1, 0.15) is 10.4 Å². The molecular weight excluding hydrogens is 420 g/mol. The molecule has 0 amide bonds. The van der Waals surface area contributed by atoms with Crippen molar-refractivity contribution in [3.05, 3.63) is 108 Å². The molecule has 0 N–H and O–H groups in total. The maximum atomic E-state index is 4.82. The van der Waals surface area contributed by atoms with Gasteiger partial charge in [-0.05, 0) is 58.0 Å². The fraction of sp³-hybridized carbons (Fsp3) is 0.0667. The van der Waals surface area contributed by atoms with E-state index in [-0.39, 0.29) is 0 Å². The molecule has 6 aromatic rings. The largest absolute Gasteiger partial charge is 0.235 e. The highest BCUT2D eigenvalue weighted by atomic mass is 32.1. The Morgan fingerprint density at radius 1 is 0.667 bits per heavy atom. The molecule has 0 saturated carbocycles. The lowest BCUT2D eigenvalue weighted by Crippen LogP contribution is -2.00. The molecule has 0 spiro atoms. The molecule has 2 heterocycles. The summed E-state index contributed by atoms with van der Waals surface area (Å²) in [6.45, 7) is 0. The first kappa shape index (κ1) is 18.7. The number of benzene rings is 4. The molecule has 2 nitrogen and oxygen atoms in total. The first-order chi connectivity index (χ1) is 16.4. The second kappa shape index (κ2) is 7.36. The Bertz CT molecular complexity index is 1660. The molecule has 0 saturated heterocycles. The van der Waals surface area contributed by atoms with E-state index in [1.54, 1.807) is 6.33 Å². The average molecular weight is 441 g/mol. The quantitative estimate of drug-likeness (QED) is 0.273. The van der Waals surface area contributed by atoms with Gasteiger partial charge in [-0.3, -0.25) is 0 Å². The third-order valence-corrected chi connectivity index (χ3v) is 7.92. The first-order valence-corrected chi connectivity index (χ1v) is 12.1. The van der Waals surface area contributed by atoms with Crippen LogP contribution in [0.15, 0.2) is 97.3 Å². The summed E-state index contributed by atoms with van der Waals surface area (Å²) < 4.78 is 1.19. The molecule has 4 aromatic carbocycles. The molecule has 2 aromatic heterocycles. The average Bonchev–Trinajstić information content (AvgIpc) is 3.28. The van der Waals surface area contributed by atoms with Crippen LogP contribution in [0.25, 0.3) is 54.5 Å². The van der Waals surface area contributed by atoms with Gasteiger partial charge in [-0.15, -0.1) is 11.3 Å². The molecule has 0 fully saturated rings. The van der Waals surface area contributed by atoms with E-state index in [0.29, 0.717) is 0 Å². The van der Waals surface area contributed by atoms with Gasteiger partial charge in [0.25, 0.3) is 0 Å². The molecule has 0 radical (unpaired) electrons. The number of hydrogen-bond acceptors (Lipinski definition) is 3. The van der Waals surface area contributed by atoms with Gasteiger partial charge in [-0.1, -0.05) is 78.9 Å². The minimum Gasteiger partial charge on any atom is -0.235 e. The summed E-state index contributed by atoms with van der Waals surface area (Å²) in [5.41, 5.74) is 9.78. The third-order valence-electron chi connectivity index (χ3n) is 6.67. The summed E-state index contributed by atoms with van der Waals surface area (Å²) in [6, 6.07) is 32.6. The van der Waals surface area contributed by atoms with Crippen molar-refractivity contribution in [3.8, 4) is 33.5 Å². The SMILES string of the molecule is c1ccc(-c2cc(-c3ncnc4c5c(sc34)CCc3ccccc3-5)cc3ccccc23)cc1. The number of thiophene rings is 1. The molecular formula is C30H20N2S. The number of rotatable bonds is 2. The van der Waals surface area contributed by atoms with E-state index >= 15 is 0 Å². The maximum absolute atomic E-state index is 4.82. The van der Waals surface area contributed by atoms with Crippen LogP contribution in [-0.4, -0.2) is 9.97 Å². The Kier molecular flexibility index (Phi) is 4.18. The van der Waals surface area contributed by atoms with Crippen LogP contribution in [0.3, 0.4) is 0 Å². The Labute approximate surface area is 196 Å². The molecule has 33 heavy (non-hydrogen) atoms. The van der Waals surface area contributed by atoms with Crippen LogP contribution in [0.2, 0.25) is 0 Å². The van der Waals surface area contributed by atoms with Gasteiger partial charge in [0.15, 0.2) is 0 Å². The van der Waals surface area contributed by atoms with Crippen LogP contribution in [-0.2, 0) is 12.8 Å².